The average Bonchev–Trinajstić information content (AvgIpc) is 3.58. The predicted octanol–water partition coefficient (Wildman–Crippen LogP) is 11.6. The van der Waals surface area contributed by atoms with E-state index in [-0.39, 0.29) is 5.41 Å². The first kappa shape index (κ1) is 27.4. The van der Waals surface area contributed by atoms with Crippen molar-refractivity contribution in [3.8, 4) is 27.9 Å². The van der Waals surface area contributed by atoms with Gasteiger partial charge in [-0.3, -0.25) is 4.98 Å². The van der Waals surface area contributed by atoms with Crippen LogP contribution in [0.3, 0.4) is 0 Å². The van der Waals surface area contributed by atoms with E-state index >= 15 is 0 Å². The summed E-state index contributed by atoms with van der Waals surface area (Å²) in [6.45, 7) is 4.72. The highest BCUT2D eigenvalue weighted by atomic mass is 15.1. The van der Waals surface area contributed by atoms with Crippen LogP contribution in [-0.4, -0.2) is 9.55 Å². The van der Waals surface area contributed by atoms with Crippen molar-refractivity contribution in [1.82, 2.24) is 9.55 Å². The van der Waals surface area contributed by atoms with Crippen molar-refractivity contribution in [2.45, 2.75) is 19.3 Å². The number of anilines is 3. The number of fused-ring (bicyclic) bond motifs is 6. The van der Waals surface area contributed by atoms with E-state index in [1.165, 1.54) is 49.7 Å². The van der Waals surface area contributed by atoms with Gasteiger partial charge in [0.05, 0.1) is 11.0 Å². The fourth-order valence-electron chi connectivity index (χ4n) is 7.57. The Morgan fingerprint density at radius 1 is 0.511 bits per heavy atom. The van der Waals surface area contributed by atoms with E-state index in [2.05, 4.69) is 174 Å². The number of pyridine rings is 1. The van der Waals surface area contributed by atoms with Gasteiger partial charge < -0.3 is 9.47 Å². The van der Waals surface area contributed by atoms with Gasteiger partial charge in [-0.15, -0.1) is 0 Å². The molecule has 0 unspecified atom stereocenters. The van der Waals surface area contributed by atoms with Gasteiger partial charge in [-0.2, -0.15) is 0 Å². The molecule has 3 nitrogen and oxygen atoms in total. The van der Waals surface area contributed by atoms with Crippen LogP contribution in [-0.2, 0) is 5.41 Å². The lowest BCUT2D eigenvalue weighted by Gasteiger charge is -2.28. The smallest absolute Gasteiger partial charge is 0.0541 e. The van der Waals surface area contributed by atoms with E-state index < -0.39 is 0 Å². The van der Waals surface area contributed by atoms with Gasteiger partial charge in [0.1, 0.15) is 0 Å². The topological polar surface area (TPSA) is 21.1 Å². The zero-order chi connectivity index (χ0) is 31.5. The standard InChI is InChI=1S/C44H33N3/c1-44(2)40-25-23-34(47-42-16-8-6-14-37(42)38-15-7-9-17-43(38)47)27-39(40)36-24-22-35(28-41(36)44)46(32-12-4-3-5-13-32)33-20-18-30(19-21-33)31-11-10-26-45-29-31/h3-29H,1-2H3. The summed E-state index contributed by atoms with van der Waals surface area (Å²) in [4.78, 5) is 6.67. The fourth-order valence-corrected chi connectivity index (χ4v) is 7.57. The van der Waals surface area contributed by atoms with Gasteiger partial charge in [0, 0.05) is 51.3 Å². The maximum atomic E-state index is 4.31. The second-order valence-electron chi connectivity index (χ2n) is 12.9. The maximum absolute atomic E-state index is 4.31. The van der Waals surface area contributed by atoms with E-state index in [1.807, 2.05) is 18.5 Å². The number of rotatable bonds is 5. The summed E-state index contributed by atoms with van der Waals surface area (Å²) < 4.78 is 2.41. The number of benzene rings is 6. The van der Waals surface area contributed by atoms with Gasteiger partial charge in [0.15, 0.2) is 0 Å². The molecule has 1 aliphatic carbocycles. The summed E-state index contributed by atoms with van der Waals surface area (Å²) >= 11 is 0. The van der Waals surface area contributed by atoms with Gasteiger partial charge in [-0.05, 0) is 100 Å². The Morgan fingerprint density at radius 2 is 1.17 bits per heavy atom. The molecule has 6 aromatic carbocycles. The van der Waals surface area contributed by atoms with Gasteiger partial charge in [-0.1, -0.05) is 98.8 Å². The summed E-state index contributed by atoms with van der Waals surface area (Å²) in [5.41, 5.74) is 14.5. The second-order valence-corrected chi connectivity index (χ2v) is 12.9. The van der Waals surface area contributed by atoms with Gasteiger partial charge >= 0.3 is 0 Å². The van der Waals surface area contributed by atoms with Crippen LogP contribution >= 0.6 is 0 Å². The van der Waals surface area contributed by atoms with E-state index in [0.29, 0.717) is 0 Å². The number of hydrogen-bond acceptors (Lipinski definition) is 2. The molecule has 0 radical (unpaired) electrons. The van der Waals surface area contributed by atoms with E-state index in [4.69, 9.17) is 0 Å². The quantitative estimate of drug-likeness (QED) is 0.195. The van der Waals surface area contributed by atoms with Crippen LogP contribution in [0.2, 0.25) is 0 Å². The molecular formula is C44H33N3. The average molecular weight is 604 g/mol. The van der Waals surface area contributed by atoms with E-state index in [9.17, 15) is 0 Å². The first-order valence-corrected chi connectivity index (χ1v) is 16.2. The molecule has 0 atom stereocenters. The highest BCUT2D eigenvalue weighted by Crippen LogP contribution is 2.51. The highest BCUT2D eigenvalue weighted by Gasteiger charge is 2.36. The molecule has 0 fully saturated rings. The monoisotopic (exact) mass is 603 g/mol. The number of para-hydroxylation sites is 3. The Balaban J connectivity index is 1.17. The van der Waals surface area contributed by atoms with Crippen molar-refractivity contribution in [2.24, 2.45) is 0 Å². The van der Waals surface area contributed by atoms with Crippen molar-refractivity contribution in [3.63, 3.8) is 0 Å². The van der Waals surface area contributed by atoms with Crippen molar-refractivity contribution in [1.29, 1.82) is 0 Å². The van der Waals surface area contributed by atoms with Crippen LogP contribution in [0, 0.1) is 0 Å². The molecule has 0 aliphatic heterocycles. The van der Waals surface area contributed by atoms with Crippen LogP contribution in [0.15, 0.2) is 164 Å². The van der Waals surface area contributed by atoms with Crippen LogP contribution in [0.1, 0.15) is 25.0 Å². The molecule has 0 N–H and O–H groups in total. The molecule has 224 valence electrons. The van der Waals surface area contributed by atoms with Crippen molar-refractivity contribution >= 4 is 38.9 Å². The summed E-state index contributed by atoms with van der Waals surface area (Å²) in [5.74, 6) is 0. The third-order valence-corrected chi connectivity index (χ3v) is 9.87. The zero-order valence-corrected chi connectivity index (χ0v) is 26.4. The van der Waals surface area contributed by atoms with Crippen molar-refractivity contribution in [2.75, 3.05) is 4.90 Å². The van der Waals surface area contributed by atoms with Crippen molar-refractivity contribution in [3.05, 3.63) is 175 Å². The lowest BCUT2D eigenvalue weighted by molar-refractivity contribution is 0.660. The number of hydrogen-bond donors (Lipinski definition) is 0. The number of aromatic nitrogens is 2. The van der Waals surface area contributed by atoms with Crippen LogP contribution < -0.4 is 4.90 Å². The first-order valence-electron chi connectivity index (χ1n) is 16.2. The van der Waals surface area contributed by atoms with Crippen LogP contribution in [0.25, 0.3) is 49.7 Å². The molecule has 3 heteroatoms. The Bertz CT molecular complexity index is 2370. The first-order chi connectivity index (χ1) is 23.1. The van der Waals surface area contributed by atoms with Crippen LogP contribution in [0.5, 0.6) is 0 Å². The molecule has 0 amide bonds. The molecule has 1 aliphatic rings. The van der Waals surface area contributed by atoms with Gasteiger partial charge in [0.2, 0.25) is 0 Å². The second kappa shape index (κ2) is 10.6. The molecule has 2 aromatic heterocycles. The molecule has 9 rings (SSSR count). The maximum Gasteiger partial charge on any atom is 0.0541 e. The van der Waals surface area contributed by atoms with Gasteiger partial charge in [0.25, 0.3) is 0 Å². The lowest BCUT2D eigenvalue weighted by atomic mass is 9.82. The Labute approximate surface area is 275 Å². The zero-order valence-electron chi connectivity index (χ0n) is 26.4. The lowest BCUT2D eigenvalue weighted by Crippen LogP contribution is -2.16. The summed E-state index contributed by atoms with van der Waals surface area (Å²) in [7, 11) is 0. The Hall–Kier alpha value is -5.93. The predicted molar refractivity (Wildman–Crippen MR) is 196 cm³/mol. The fraction of sp³-hybridized carbons (Fsp3) is 0.0682. The largest absolute Gasteiger partial charge is 0.310 e. The Kier molecular flexibility index (Phi) is 6.16. The van der Waals surface area contributed by atoms with Crippen molar-refractivity contribution < 1.29 is 0 Å². The third kappa shape index (κ3) is 4.31. The number of nitrogens with zero attached hydrogens (tertiary/aromatic N) is 3. The summed E-state index contributed by atoms with van der Waals surface area (Å²) in [6, 6.07) is 55.0. The normalized spacial score (nSPS) is 13.1. The molecule has 47 heavy (non-hydrogen) atoms. The minimum Gasteiger partial charge on any atom is -0.310 e. The summed E-state index contributed by atoms with van der Waals surface area (Å²) in [5, 5.41) is 2.56. The molecular weight excluding hydrogens is 571 g/mol. The minimum absolute atomic E-state index is 0.146. The molecule has 0 saturated carbocycles. The summed E-state index contributed by atoms with van der Waals surface area (Å²) in [6.07, 6.45) is 3.73. The van der Waals surface area contributed by atoms with Crippen LogP contribution in [0.4, 0.5) is 17.1 Å². The van der Waals surface area contributed by atoms with E-state index in [0.717, 1.165) is 28.2 Å². The molecule has 2 heterocycles. The molecule has 0 saturated heterocycles. The Morgan fingerprint density at radius 3 is 1.87 bits per heavy atom. The molecule has 8 aromatic rings. The SMILES string of the molecule is CC1(C)c2ccc(-n3c4ccccc4c4ccccc43)cc2-c2ccc(N(c3ccccc3)c3ccc(-c4cccnc4)cc3)cc21. The molecule has 0 bridgehead atoms. The molecule has 0 spiro atoms. The van der Waals surface area contributed by atoms with Gasteiger partial charge in [-0.25, -0.2) is 0 Å². The minimum atomic E-state index is -0.146. The third-order valence-electron chi connectivity index (χ3n) is 9.87. The van der Waals surface area contributed by atoms with E-state index in [1.54, 1.807) is 0 Å². The highest BCUT2D eigenvalue weighted by molar-refractivity contribution is 6.09.